The quantitative estimate of drug-likeness (QED) is 0.788. The number of anilines is 1. The Hall–Kier alpha value is -1.56. The highest BCUT2D eigenvalue weighted by atomic mass is 35.5. The van der Waals surface area contributed by atoms with Gasteiger partial charge in [-0.05, 0) is 6.42 Å². The molecule has 2 N–H and O–H groups in total. The minimum atomic E-state index is -0.337. The number of aryl methyl sites for hydroxylation is 1. The third-order valence-corrected chi connectivity index (χ3v) is 3.07. The Balaban J connectivity index is 2.11. The molecular formula is C10H13ClN4O2. The number of halogens is 1. The van der Waals surface area contributed by atoms with Crippen LogP contribution < -0.4 is 16.2 Å². The molecule has 0 bridgehead atoms. The molecule has 0 aromatic carbocycles. The topological polar surface area (TPSA) is 76.0 Å². The van der Waals surface area contributed by atoms with E-state index < -0.39 is 0 Å². The van der Waals surface area contributed by atoms with Crippen LogP contribution in [0.2, 0.25) is 5.02 Å². The number of carbonyl (C=O) groups is 1. The molecule has 0 saturated carbocycles. The summed E-state index contributed by atoms with van der Waals surface area (Å²) in [4.78, 5) is 22.5. The van der Waals surface area contributed by atoms with Crippen molar-refractivity contribution in [1.82, 2.24) is 15.1 Å². The van der Waals surface area contributed by atoms with Crippen LogP contribution in [0.15, 0.2) is 11.0 Å². The van der Waals surface area contributed by atoms with E-state index in [1.165, 1.54) is 10.9 Å². The van der Waals surface area contributed by atoms with Gasteiger partial charge in [-0.25, -0.2) is 4.68 Å². The van der Waals surface area contributed by atoms with Gasteiger partial charge in [-0.3, -0.25) is 9.59 Å². The van der Waals surface area contributed by atoms with Crippen LogP contribution in [0.3, 0.4) is 0 Å². The summed E-state index contributed by atoms with van der Waals surface area (Å²) in [5.74, 6) is 0.0521. The minimum Gasteiger partial charge on any atom is -0.378 e. The van der Waals surface area contributed by atoms with Gasteiger partial charge in [0, 0.05) is 26.1 Å². The monoisotopic (exact) mass is 256 g/mol. The highest BCUT2D eigenvalue weighted by Gasteiger charge is 2.19. The number of piperidine rings is 1. The second-order valence-corrected chi connectivity index (χ2v) is 4.36. The van der Waals surface area contributed by atoms with E-state index in [9.17, 15) is 9.59 Å². The molecule has 1 aromatic heterocycles. The zero-order valence-electron chi connectivity index (χ0n) is 9.36. The molecule has 1 unspecified atom stereocenters. The number of amides is 1. The summed E-state index contributed by atoms with van der Waals surface area (Å²) in [7, 11) is 1.54. The van der Waals surface area contributed by atoms with Crippen LogP contribution in [0.5, 0.6) is 0 Å². The van der Waals surface area contributed by atoms with Crippen molar-refractivity contribution in [2.24, 2.45) is 7.05 Å². The molecule has 1 amide bonds. The summed E-state index contributed by atoms with van der Waals surface area (Å²) in [6.07, 6.45) is 2.71. The summed E-state index contributed by atoms with van der Waals surface area (Å²) in [6, 6.07) is 0.0825. The maximum absolute atomic E-state index is 11.5. The summed E-state index contributed by atoms with van der Waals surface area (Å²) in [5.41, 5.74) is 0.174. The summed E-state index contributed by atoms with van der Waals surface area (Å²) in [6.45, 7) is 0.532. The Morgan fingerprint density at radius 2 is 2.35 bits per heavy atom. The van der Waals surface area contributed by atoms with Crippen molar-refractivity contribution in [3.63, 3.8) is 0 Å². The molecule has 17 heavy (non-hydrogen) atoms. The Bertz CT molecular complexity index is 490. The first-order valence-electron chi connectivity index (χ1n) is 5.33. The van der Waals surface area contributed by atoms with E-state index in [4.69, 9.17) is 11.6 Å². The Morgan fingerprint density at radius 1 is 1.59 bits per heavy atom. The van der Waals surface area contributed by atoms with Crippen LogP contribution >= 0.6 is 11.6 Å². The largest absolute Gasteiger partial charge is 0.378 e. The number of aromatic nitrogens is 2. The highest BCUT2D eigenvalue weighted by molar-refractivity contribution is 6.32. The smallest absolute Gasteiger partial charge is 0.287 e. The molecule has 1 aliphatic rings. The van der Waals surface area contributed by atoms with Gasteiger partial charge in [-0.1, -0.05) is 11.6 Å². The lowest BCUT2D eigenvalue weighted by Crippen LogP contribution is -2.42. The highest BCUT2D eigenvalue weighted by Crippen LogP contribution is 2.18. The van der Waals surface area contributed by atoms with Crippen LogP contribution in [0.25, 0.3) is 0 Å². The van der Waals surface area contributed by atoms with E-state index >= 15 is 0 Å². The lowest BCUT2D eigenvalue weighted by Gasteiger charge is -2.24. The molecule has 1 saturated heterocycles. The SMILES string of the molecule is Cn1ncc(NC2CCC(=O)NC2)c(Cl)c1=O. The number of nitrogens with zero attached hydrogens (tertiary/aromatic N) is 2. The van der Waals surface area contributed by atoms with E-state index in [2.05, 4.69) is 15.7 Å². The molecule has 1 aromatic rings. The van der Waals surface area contributed by atoms with Crippen LogP contribution in [-0.2, 0) is 11.8 Å². The molecule has 0 spiro atoms. The molecule has 7 heteroatoms. The van der Waals surface area contributed by atoms with E-state index in [-0.39, 0.29) is 22.5 Å². The van der Waals surface area contributed by atoms with Crippen molar-refractivity contribution < 1.29 is 4.79 Å². The molecule has 92 valence electrons. The van der Waals surface area contributed by atoms with Crippen molar-refractivity contribution in [2.45, 2.75) is 18.9 Å². The van der Waals surface area contributed by atoms with Gasteiger partial charge in [0.1, 0.15) is 5.02 Å². The van der Waals surface area contributed by atoms with Crippen LogP contribution in [0, 0.1) is 0 Å². The zero-order valence-corrected chi connectivity index (χ0v) is 10.1. The van der Waals surface area contributed by atoms with E-state index in [0.29, 0.717) is 18.7 Å². The molecule has 1 fully saturated rings. The third kappa shape index (κ3) is 2.58. The fraction of sp³-hybridized carbons (Fsp3) is 0.500. The van der Waals surface area contributed by atoms with Gasteiger partial charge < -0.3 is 10.6 Å². The number of carbonyl (C=O) groups excluding carboxylic acids is 1. The van der Waals surface area contributed by atoms with Crippen LogP contribution in [0.4, 0.5) is 5.69 Å². The molecule has 1 aliphatic heterocycles. The lowest BCUT2D eigenvalue weighted by atomic mass is 10.1. The van der Waals surface area contributed by atoms with Crippen molar-refractivity contribution in [3.05, 3.63) is 21.6 Å². The zero-order chi connectivity index (χ0) is 12.4. The predicted octanol–water partition coefficient (Wildman–Crippen LogP) is 0.124. The fourth-order valence-electron chi connectivity index (χ4n) is 1.69. The van der Waals surface area contributed by atoms with Crippen molar-refractivity contribution >= 4 is 23.2 Å². The predicted molar refractivity (Wildman–Crippen MR) is 64.1 cm³/mol. The summed E-state index contributed by atoms with van der Waals surface area (Å²) < 4.78 is 1.18. The van der Waals surface area contributed by atoms with Gasteiger partial charge in [0.2, 0.25) is 5.91 Å². The molecular weight excluding hydrogens is 244 g/mol. The maximum Gasteiger partial charge on any atom is 0.287 e. The second-order valence-electron chi connectivity index (χ2n) is 3.98. The first-order valence-corrected chi connectivity index (χ1v) is 5.71. The van der Waals surface area contributed by atoms with Gasteiger partial charge in [0.15, 0.2) is 0 Å². The van der Waals surface area contributed by atoms with Crippen molar-refractivity contribution in [2.75, 3.05) is 11.9 Å². The van der Waals surface area contributed by atoms with Gasteiger partial charge >= 0.3 is 0 Å². The van der Waals surface area contributed by atoms with Crippen molar-refractivity contribution in [1.29, 1.82) is 0 Å². The van der Waals surface area contributed by atoms with Crippen LogP contribution in [0.1, 0.15) is 12.8 Å². The van der Waals surface area contributed by atoms with Crippen LogP contribution in [-0.4, -0.2) is 28.3 Å². The standard InChI is InChI=1S/C10H13ClN4O2/c1-15-10(17)9(11)7(5-13-15)14-6-2-3-8(16)12-4-6/h5-6,14H,2-4H2,1H3,(H,12,16). The average Bonchev–Trinajstić information content (AvgIpc) is 2.33. The normalized spacial score (nSPS) is 19.9. The average molecular weight is 257 g/mol. The number of hydrogen-bond acceptors (Lipinski definition) is 4. The van der Waals surface area contributed by atoms with E-state index in [1.54, 1.807) is 7.05 Å². The number of hydrogen-bond donors (Lipinski definition) is 2. The minimum absolute atomic E-state index is 0.0521. The summed E-state index contributed by atoms with van der Waals surface area (Å²) in [5, 5.41) is 9.88. The van der Waals surface area contributed by atoms with Gasteiger partial charge in [-0.15, -0.1) is 0 Å². The molecule has 0 radical (unpaired) electrons. The molecule has 2 rings (SSSR count). The maximum atomic E-state index is 11.5. The molecule has 2 heterocycles. The Labute approximate surface area is 103 Å². The first kappa shape index (κ1) is 11.9. The van der Waals surface area contributed by atoms with E-state index in [1.807, 2.05) is 0 Å². The lowest BCUT2D eigenvalue weighted by molar-refractivity contribution is -0.122. The van der Waals surface area contributed by atoms with Crippen molar-refractivity contribution in [3.8, 4) is 0 Å². The third-order valence-electron chi connectivity index (χ3n) is 2.70. The fourth-order valence-corrected chi connectivity index (χ4v) is 1.91. The molecule has 0 aliphatic carbocycles. The molecule has 6 nitrogen and oxygen atoms in total. The molecule has 1 atom stereocenters. The first-order chi connectivity index (χ1) is 8.08. The van der Waals surface area contributed by atoms with Gasteiger partial charge in [0.25, 0.3) is 5.56 Å². The van der Waals surface area contributed by atoms with Gasteiger partial charge in [-0.2, -0.15) is 5.10 Å². The van der Waals surface area contributed by atoms with E-state index in [0.717, 1.165) is 6.42 Å². The Morgan fingerprint density at radius 3 is 3.00 bits per heavy atom. The second kappa shape index (κ2) is 4.75. The number of nitrogens with one attached hydrogen (secondary N) is 2. The summed E-state index contributed by atoms with van der Waals surface area (Å²) >= 11 is 5.92. The van der Waals surface area contributed by atoms with Gasteiger partial charge in [0.05, 0.1) is 11.9 Å². The Kier molecular flexibility index (Phi) is 3.33. The number of rotatable bonds is 2.